The standard InChI is InChI=1S/C18H18ClNO3/c19-13-5-8-15(9-6-13)23-11-18(22)20-17-3-1-2-12-4-7-14(21)10-16(12)17/h1-3,5-6,8-9,14,21H,4,7,10-11H2,(H,20,22). The Kier molecular flexibility index (Phi) is 4.84. The lowest BCUT2D eigenvalue weighted by Crippen LogP contribution is -2.24. The van der Waals surface area contributed by atoms with Gasteiger partial charge in [0.2, 0.25) is 0 Å². The Morgan fingerprint density at radius 3 is 2.83 bits per heavy atom. The highest BCUT2D eigenvalue weighted by atomic mass is 35.5. The van der Waals surface area contributed by atoms with Crippen molar-refractivity contribution in [1.29, 1.82) is 0 Å². The van der Waals surface area contributed by atoms with Crippen molar-refractivity contribution in [1.82, 2.24) is 0 Å². The van der Waals surface area contributed by atoms with Crippen molar-refractivity contribution in [3.8, 4) is 5.75 Å². The predicted molar refractivity (Wildman–Crippen MR) is 90.1 cm³/mol. The topological polar surface area (TPSA) is 58.6 Å². The Morgan fingerprint density at radius 2 is 2.04 bits per heavy atom. The van der Waals surface area contributed by atoms with E-state index in [2.05, 4.69) is 5.32 Å². The zero-order valence-corrected chi connectivity index (χ0v) is 13.3. The average molecular weight is 332 g/mol. The van der Waals surface area contributed by atoms with E-state index in [4.69, 9.17) is 16.3 Å². The SMILES string of the molecule is O=C(COc1ccc(Cl)cc1)Nc1cccc2c1CC(O)CC2. The van der Waals surface area contributed by atoms with E-state index in [0.717, 1.165) is 24.1 Å². The number of anilines is 1. The number of benzene rings is 2. The highest BCUT2D eigenvalue weighted by molar-refractivity contribution is 6.30. The van der Waals surface area contributed by atoms with Crippen molar-refractivity contribution in [3.05, 3.63) is 58.6 Å². The van der Waals surface area contributed by atoms with Gasteiger partial charge in [-0.15, -0.1) is 0 Å². The lowest BCUT2D eigenvalue weighted by Gasteiger charge is -2.23. The second kappa shape index (κ2) is 7.02. The van der Waals surface area contributed by atoms with Crippen molar-refractivity contribution in [2.45, 2.75) is 25.4 Å². The predicted octanol–water partition coefficient (Wildman–Crippen LogP) is 3.21. The van der Waals surface area contributed by atoms with Crippen LogP contribution < -0.4 is 10.1 Å². The number of amides is 1. The number of fused-ring (bicyclic) bond motifs is 1. The summed E-state index contributed by atoms with van der Waals surface area (Å²) >= 11 is 5.81. The zero-order valence-electron chi connectivity index (χ0n) is 12.6. The molecule has 2 aromatic carbocycles. The number of aliphatic hydroxyl groups excluding tert-OH is 1. The van der Waals surface area contributed by atoms with Crippen LogP contribution in [0.1, 0.15) is 17.5 Å². The van der Waals surface area contributed by atoms with E-state index < -0.39 is 0 Å². The van der Waals surface area contributed by atoms with Crippen LogP contribution in [0.5, 0.6) is 5.75 Å². The zero-order chi connectivity index (χ0) is 16.2. The van der Waals surface area contributed by atoms with Crippen molar-refractivity contribution in [2.24, 2.45) is 0 Å². The molecule has 120 valence electrons. The number of nitrogens with one attached hydrogen (secondary N) is 1. The molecule has 1 aliphatic rings. The monoisotopic (exact) mass is 331 g/mol. The number of hydrogen-bond donors (Lipinski definition) is 2. The Balaban J connectivity index is 1.63. The molecule has 0 saturated heterocycles. The molecule has 0 fully saturated rings. The molecule has 0 radical (unpaired) electrons. The number of rotatable bonds is 4. The molecule has 5 heteroatoms. The molecule has 1 aliphatic carbocycles. The van der Waals surface area contributed by atoms with Crippen LogP contribution in [0.4, 0.5) is 5.69 Å². The molecule has 0 spiro atoms. The molecule has 0 aliphatic heterocycles. The highest BCUT2D eigenvalue weighted by Gasteiger charge is 2.19. The summed E-state index contributed by atoms with van der Waals surface area (Å²) in [7, 11) is 0. The van der Waals surface area contributed by atoms with Crippen LogP contribution in [0.2, 0.25) is 5.02 Å². The van der Waals surface area contributed by atoms with E-state index in [-0.39, 0.29) is 18.6 Å². The molecule has 23 heavy (non-hydrogen) atoms. The second-order valence-electron chi connectivity index (χ2n) is 5.63. The molecule has 3 rings (SSSR count). The van der Waals surface area contributed by atoms with Gasteiger partial charge in [0.15, 0.2) is 6.61 Å². The Hall–Kier alpha value is -2.04. The molecule has 1 atom stereocenters. The van der Waals surface area contributed by atoms with E-state index >= 15 is 0 Å². The molecule has 1 unspecified atom stereocenters. The lowest BCUT2D eigenvalue weighted by atomic mass is 9.88. The Morgan fingerprint density at radius 1 is 1.26 bits per heavy atom. The summed E-state index contributed by atoms with van der Waals surface area (Å²) in [6.45, 7) is -0.0755. The first-order chi connectivity index (χ1) is 11.1. The number of carbonyl (C=O) groups excluding carboxylic acids is 1. The first-order valence-corrected chi connectivity index (χ1v) is 7.96. The minimum Gasteiger partial charge on any atom is -0.484 e. The number of ether oxygens (including phenoxy) is 1. The van der Waals surface area contributed by atoms with Crippen LogP contribution in [-0.2, 0) is 17.6 Å². The first kappa shape index (κ1) is 15.8. The maximum atomic E-state index is 12.1. The van der Waals surface area contributed by atoms with Gasteiger partial charge >= 0.3 is 0 Å². The molecule has 0 aromatic heterocycles. The maximum absolute atomic E-state index is 12.1. The Bertz CT molecular complexity index is 700. The van der Waals surface area contributed by atoms with Gasteiger partial charge in [-0.2, -0.15) is 0 Å². The van der Waals surface area contributed by atoms with Crippen LogP contribution in [0.15, 0.2) is 42.5 Å². The van der Waals surface area contributed by atoms with Gasteiger partial charge in [0.1, 0.15) is 5.75 Å². The van der Waals surface area contributed by atoms with Crippen LogP contribution >= 0.6 is 11.6 Å². The second-order valence-corrected chi connectivity index (χ2v) is 6.07. The van der Waals surface area contributed by atoms with E-state index in [9.17, 15) is 9.90 Å². The maximum Gasteiger partial charge on any atom is 0.262 e. The third-order valence-electron chi connectivity index (χ3n) is 3.92. The fourth-order valence-electron chi connectivity index (χ4n) is 2.75. The molecule has 1 amide bonds. The number of halogens is 1. The van der Waals surface area contributed by atoms with E-state index in [1.54, 1.807) is 24.3 Å². The lowest BCUT2D eigenvalue weighted by molar-refractivity contribution is -0.118. The van der Waals surface area contributed by atoms with Gasteiger partial charge in [0.05, 0.1) is 6.10 Å². The van der Waals surface area contributed by atoms with Gasteiger partial charge in [0, 0.05) is 17.1 Å². The van der Waals surface area contributed by atoms with Crippen LogP contribution in [-0.4, -0.2) is 23.7 Å². The fraction of sp³-hybridized carbons (Fsp3) is 0.278. The number of aryl methyl sites for hydroxylation is 1. The Labute approximate surface area is 140 Å². The smallest absolute Gasteiger partial charge is 0.262 e. The summed E-state index contributed by atoms with van der Waals surface area (Å²) in [5.74, 6) is 0.364. The highest BCUT2D eigenvalue weighted by Crippen LogP contribution is 2.28. The quantitative estimate of drug-likeness (QED) is 0.904. The van der Waals surface area contributed by atoms with Gasteiger partial charge in [-0.3, -0.25) is 4.79 Å². The van der Waals surface area contributed by atoms with Gasteiger partial charge < -0.3 is 15.2 Å². The average Bonchev–Trinajstić information content (AvgIpc) is 2.55. The first-order valence-electron chi connectivity index (χ1n) is 7.59. The number of aliphatic hydroxyl groups is 1. The van der Waals surface area contributed by atoms with Gasteiger partial charge in [-0.05, 0) is 54.3 Å². The summed E-state index contributed by atoms with van der Waals surface area (Å²) in [6, 6.07) is 12.7. The number of hydrogen-bond acceptors (Lipinski definition) is 3. The van der Waals surface area contributed by atoms with Crippen LogP contribution in [0.3, 0.4) is 0 Å². The van der Waals surface area contributed by atoms with E-state index in [1.165, 1.54) is 5.56 Å². The van der Waals surface area contributed by atoms with Crippen LogP contribution in [0.25, 0.3) is 0 Å². The largest absolute Gasteiger partial charge is 0.484 e. The molecular formula is C18H18ClNO3. The molecule has 4 nitrogen and oxygen atoms in total. The van der Waals surface area contributed by atoms with Crippen LogP contribution in [0, 0.1) is 0 Å². The number of carbonyl (C=O) groups is 1. The third kappa shape index (κ3) is 4.03. The van der Waals surface area contributed by atoms with E-state index in [1.807, 2.05) is 18.2 Å². The van der Waals surface area contributed by atoms with Crippen molar-refractivity contribution >= 4 is 23.2 Å². The van der Waals surface area contributed by atoms with Crippen molar-refractivity contribution in [2.75, 3.05) is 11.9 Å². The normalized spacial score (nSPS) is 16.5. The summed E-state index contributed by atoms with van der Waals surface area (Å²) in [5.41, 5.74) is 2.96. The third-order valence-corrected chi connectivity index (χ3v) is 4.17. The van der Waals surface area contributed by atoms with Gasteiger partial charge in [-0.1, -0.05) is 23.7 Å². The molecule has 2 N–H and O–H groups in total. The fourth-order valence-corrected chi connectivity index (χ4v) is 2.88. The molecular weight excluding hydrogens is 314 g/mol. The van der Waals surface area contributed by atoms with E-state index in [0.29, 0.717) is 17.2 Å². The molecule has 0 bridgehead atoms. The molecule has 2 aromatic rings. The summed E-state index contributed by atoms with van der Waals surface area (Å²) in [6.07, 6.45) is 1.83. The van der Waals surface area contributed by atoms with Gasteiger partial charge in [0.25, 0.3) is 5.91 Å². The van der Waals surface area contributed by atoms with Crippen molar-refractivity contribution in [3.63, 3.8) is 0 Å². The molecule has 0 saturated carbocycles. The minimum absolute atomic E-state index is 0.0755. The summed E-state index contributed by atoms with van der Waals surface area (Å²) < 4.78 is 5.44. The minimum atomic E-state index is -0.342. The van der Waals surface area contributed by atoms with Gasteiger partial charge in [-0.25, -0.2) is 0 Å². The summed E-state index contributed by atoms with van der Waals surface area (Å²) in [5, 5.41) is 13.3. The summed E-state index contributed by atoms with van der Waals surface area (Å²) in [4.78, 5) is 12.1. The molecule has 0 heterocycles. The van der Waals surface area contributed by atoms with Crippen molar-refractivity contribution < 1.29 is 14.6 Å².